The molecular formula is C11H13BrN4. The number of halogens is 1. The molecule has 16 heavy (non-hydrogen) atoms. The van der Waals surface area contributed by atoms with Gasteiger partial charge in [0.05, 0.1) is 28.1 Å². The van der Waals surface area contributed by atoms with Gasteiger partial charge in [0.2, 0.25) is 0 Å². The molecule has 5 heteroatoms. The Morgan fingerprint density at radius 1 is 1.44 bits per heavy atom. The van der Waals surface area contributed by atoms with Crippen molar-refractivity contribution >= 4 is 15.9 Å². The molecule has 0 saturated heterocycles. The zero-order valence-corrected chi connectivity index (χ0v) is 10.8. The van der Waals surface area contributed by atoms with Crippen LogP contribution in [0, 0.1) is 0 Å². The van der Waals surface area contributed by atoms with Gasteiger partial charge in [-0.1, -0.05) is 6.07 Å². The number of rotatable bonds is 3. The average Bonchev–Trinajstić information content (AvgIpc) is 2.63. The summed E-state index contributed by atoms with van der Waals surface area (Å²) in [7, 11) is 3.84. The van der Waals surface area contributed by atoms with Crippen molar-refractivity contribution in [2.75, 3.05) is 7.05 Å². The molecule has 0 bridgehead atoms. The molecule has 0 radical (unpaired) electrons. The van der Waals surface area contributed by atoms with E-state index in [0.717, 1.165) is 15.9 Å². The Morgan fingerprint density at radius 3 is 2.75 bits per heavy atom. The number of aryl methyl sites for hydroxylation is 1. The molecule has 2 aromatic rings. The second kappa shape index (κ2) is 4.76. The van der Waals surface area contributed by atoms with E-state index in [0.29, 0.717) is 0 Å². The lowest BCUT2D eigenvalue weighted by Gasteiger charge is -2.16. The van der Waals surface area contributed by atoms with Gasteiger partial charge in [0.1, 0.15) is 0 Å². The summed E-state index contributed by atoms with van der Waals surface area (Å²) in [5.41, 5.74) is 2.05. The lowest BCUT2D eigenvalue weighted by atomic mass is 10.1. The third-order valence-corrected chi connectivity index (χ3v) is 3.09. The molecule has 4 nitrogen and oxygen atoms in total. The molecule has 0 aliphatic carbocycles. The van der Waals surface area contributed by atoms with Crippen LogP contribution in [0.25, 0.3) is 0 Å². The van der Waals surface area contributed by atoms with Crippen LogP contribution in [0.5, 0.6) is 0 Å². The van der Waals surface area contributed by atoms with Crippen LogP contribution < -0.4 is 5.32 Å². The average molecular weight is 281 g/mol. The molecule has 0 aliphatic heterocycles. The first kappa shape index (κ1) is 11.3. The first-order chi connectivity index (χ1) is 7.74. The summed E-state index contributed by atoms with van der Waals surface area (Å²) in [6.07, 6.45) is 3.59. The third kappa shape index (κ3) is 2.01. The number of nitrogens with one attached hydrogen (secondary N) is 1. The van der Waals surface area contributed by atoms with Crippen LogP contribution >= 0.6 is 15.9 Å². The van der Waals surface area contributed by atoms with E-state index in [9.17, 15) is 0 Å². The molecule has 0 fully saturated rings. The maximum absolute atomic E-state index is 4.36. The fourth-order valence-electron chi connectivity index (χ4n) is 1.72. The van der Waals surface area contributed by atoms with Gasteiger partial charge in [0.15, 0.2) is 0 Å². The van der Waals surface area contributed by atoms with Gasteiger partial charge >= 0.3 is 0 Å². The maximum Gasteiger partial charge on any atom is 0.0930 e. The molecule has 0 saturated carbocycles. The van der Waals surface area contributed by atoms with Crippen molar-refractivity contribution in [1.29, 1.82) is 0 Å². The van der Waals surface area contributed by atoms with E-state index in [2.05, 4.69) is 31.3 Å². The summed E-state index contributed by atoms with van der Waals surface area (Å²) in [4.78, 5) is 4.36. The van der Waals surface area contributed by atoms with E-state index in [1.807, 2.05) is 37.0 Å². The minimum atomic E-state index is 0.0445. The molecule has 1 unspecified atom stereocenters. The van der Waals surface area contributed by atoms with Gasteiger partial charge in [0.25, 0.3) is 0 Å². The van der Waals surface area contributed by atoms with Crippen molar-refractivity contribution in [3.8, 4) is 0 Å². The normalized spacial score (nSPS) is 12.7. The fraction of sp³-hybridized carbons (Fsp3) is 0.273. The summed E-state index contributed by atoms with van der Waals surface area (Å²) in [5.74, 6) is 0. The van der Waals surface area contributed by atoms with Crippen LogP contribution in [0.1, 0.15) is 17.4 Å². The van der Waals surface area contributed by atoms with Gasteiger partial charge in [-0.25, -0.2) is 0 Å². The standard InChI is InChI=1S/C11H13BrN4/c1-13-10(9-5-3-4-6-14-9)11-8(12)7-15-16(11)2/h3-7,10,13H,1-2H3. The van der Waals surface area contributed by atoms with Crippen LogP contribution in [0.3, 0.4) is 0 Å². The molecular weight excluding hydrogens is 268 g/mol. The minimum absolute atomic E-state index is 0.0445. The summed E-state index contributed by atoms with van der Waals surface area (Å²) in [6.45, 7) is 0. The Balaban J connectivity index is 2.45. The van der Waals surface area contributed by atoms with Crippen LogP contribution in [-0.4, -0.2) is 21.8 Å². The van der Waals surface area contributed by atoms with Crippen LogP contribution in [0.4, 0.5) is 0 Å². The van der Waals surface area contributed by atoms with Crippen molar-refractivity contribution < 1.29 is 0 Å². The smallest absolute Gasteiger partial charge is 0.0930 e. The number of aromatic nitrogens is 3. The monoisotopic (exact) mass is 280 g/mol. The van der Waals surface area contributed by atoms with E-state index >= 15 is 0 Å². The molecule has 0 amide bonds. The second-order valence-electron chi connectivity index (χ2n) is 3.48. The number of nitrogens with zero attached hydrogens (tertiary/aromatic N) is 3. The molecule has 2 heterocycles. The quantitative estimate of drug-likeness (QED) is 0.934. The van der Waals surface area contributed by atoms with Crippen molar-refractivity contribution in [1.82, 2.24) is 20.1 Å². The largest absolute Gasteiger partial charge is 0.307 e. The number of hydrogen-bond donors (Lipinski definition) is 1. The molecule has 0 spiro atoms. The lowest BCUT2D eigenvalue weighted by Crippen LogP contribution is -2.22. The predicted octanol–water partition coefficient (Wildman–Crippen LogP) is 1.89. The first-order valence-electron chi connectivity index (χ1n) is 4.99. The highest BCUT2D eigenvalue weighted by Crippen LogP contribution is 2.26. The minimum Gasteiger partial charge on any atom is -0.307 e. The Morgan fingerprint density at radius 2 is 2.25 bits per heavy atom. The van der Waals surface area contributed by atoms with Gasteiger partial charge in [-0.05, 0) is 35.1 Å². The Hall–Kier alpha value is -1.20. The summed E-state index contributed by atoms with van der Waals surface area (Å²) >= 11 is 3.50. The van der Waals surface area contributed by atoms with Gasteiger partial charge in [-0.15, -0.1) is 0 Å². The van der Waals surface area contributed by atoms with Gasteiger partial charge in [-0.3, -0.25) is 9.67 Å². The number of pyridine rings is 1. The molecule has 2 aromatic heterocycles. The third-order valence-electron chi connectivity index (χ3n) is 2.48. The van der Waals surface area contributed by atoms with Crippen molar-refractivity contribution in [2.45, 2.75) is 6.04 Å². The SMILES string of the molecule is CNC(c1ccccn1)c1c(Br)cnn1C. The van der Waals surface area contributed by atoms with Crippen molar-refractivity contribution in [2.24, 2.45) is 7.05 Å². The molecule has 84 valence electrons. The summed E-state index contributed by atoms with van der Waals surface area (Å²) in [5, 5.41) is 7.46. The van der Waals surface area contributed by atoms with E-state index < -0.39 is 0 Å². The van der Waals surface area contributed by atoms with Crippen molar-refractivity contribution in [3.05, 3.63) is 46.5 Å². The van der Waals surface area contributed by atoms with Crippen LogP contribution in [0.15, 0.2) is 35.1 Å². The second-order valence-corrected chi connectivity index (χ2v) is 4.33. The molecule has 1 atom stereocenters. The predicted molar refractivity (Wildman–Crippen MR) is 66.0 cm³/mol. The highest BCUT2D eigenvalue weighted by Gasteiger charge is 2.19. The molecule has 2 rings (SSSR count). The van der Waals surface area contributed by atoms with Crippen molar-refractivity contribution in [3.63, 3.8) is 0 Å². The highest BCUT2D eigenvalue weighted by molar-refractivity contribution is 9.10. The Labute approximate surface area is 103 Å². The zero-order chi connectivity index (χ0) is 11.5. The van der Waals surface area contributed by atoms with Gasteiger partial charge in [-0.2, -0.15) is 5.10 Å². The maximum atomic E-state index is 4.36. The first-order valence-corrected chi connectivity index (χ1v) is 5.79. The topological polar surface area (TPSA) is 42.7 Å². The van der Waals surface area contributed by atoms with Crippen LogP contribution in [0.2, 0.25) is 0 Å². The zero-order valence-electron chi connectivity index (χ0n) is 9.18. The van der Waals surface area contributed by atoms with E-state index in [-0.39, 0.29) is 6.04 Å². The van der Waals surface area contributed by atoms with E-state index in [1.54, 1.807) is 12.4 Å². The fourth-order valence-corrected chi connectivity index (χ4v) is 2.29. The Kier molecular flexibility index (Phi) is 3.36. The van der Waals surface area contributed by atoms with Crippen LogP contribution in [-0.2, 0) is 7.05 Å². The molecule has 1 N–H and O–H groups in total. The summed E-state index contributed by atoms with van der Waals surface area (Å²) in [6, 6.07) is 5.94. The highest BCUT2D eigenvalue weighted by atomic mass is 79.9. The van der Waals surface area contributed by atoms with E-state index in [4.69, 9.17) is 0 Å². The lowest BCUT2D eigenvalue weighted by molar-refractivity contribution is 0.592. The summed E-state index contributed by atoms with van der Waals surface area (Å²) < 4.78 is 2.83. The molecule has 0 aliphatic rings. The van der Waals surface area contributed by atoms with Gasteiger partial charge < -0.3 is 5.32 Å². The number of hydrogen-bond acceptors (Lipinski definition) is 3. The molecule has 0 aromatic carbocycles. The van der Waals surface area contributed by atoms with Gasteiger partial charge in [0, 0.05) is 13.2 Å². The van der Waals surface area contributed by atoms with E-state index in [1.165, 1.54) is 0 Å². The Bertz CT molecular complexity index is 447.